The molecule has 148 valence electrons. The van der Waals surface area contributed by atoms with Gasteiger partial charge in [-0.15, -0.1) is 5.10 Å². The van der Waals surface area contributed by atoms with E-state index in [-0.39, 0.29) is 5.91 Å². The summed E-state index contributed by atoms with van der Waals surface area (Å²) in [5.41, 5.74) is 1.54. The van der Waals surface area contributed by atoms with Crippen molar-refractivity contribution in [3.05, 3.63) is 46.1 Å². The Morgan fingerprint density at radius 2 is 1.71 bits per heavy atom. The van der Waals surface area contributed by atoms with E-state index in [0.29, 0.717) is 41.8 Å². The topological polar surface area (TPSA) is 61.8 Å². The molecule has 0 spiro atoms. The predicted molar refractivity (Wildman–Crippen MR) is 110 cm³/mol. The Bertz CT molecular complexity index is 852. The number of rotatable bonds is 3. The van der Waals surface area contributed by atoms with Crippen LogP contribution in [0.4, 0.5) is 11.5 Å². The third-order valence-electron chi connectivity index (χ3n) is 5.06. The Morgan fingerprint density at radius 1 is 0.964 bits per heavy atom. The number of morpholine rings is 1. The maximum absolute atomic E-state index is 12.8. The van der Waals surface area contributed by atoms with Gasteiger partial charge in [-0.05, 0) is 18.2 Å². The van der Waals surface area contributed by atoms with E-state index in [1.807, 2.05) is 4.90 Å². The smallest absolute Gasteiger partial charge is 0.255 e. The molecule has 2 saturated heterocycles. The molecule has 0 atom stereocenters. The highest BCUT2D eigenvalue weighted by atomic mass is 35.5. The average molecular weight is 422 g/mol. The molecule has 2 aliphatic heterocycles. The van der Waals surface area contributed by atoms with E-state index >= 15 is 0 Å². The van der Waals surface area contributed by atoms with Crippen LogP contribution in [0.5, 0.6) is 0 Å². The third kappa shape index (κ3) is 4.16. The fourth-order valence-corrected chi connectivity index (χ4v) is 3.96. The van der Waals surface area contributed by atoms with E-state index in [1.165, 1.54) is 0 Å². The van der Waals surface area contributed by atoms with Gasteiger partial charge in [0.25, 0.3) is 5.91 Å². The second-order valence-electron chi connectivity index (χ2n) is 6.77. The molecule has 2 aliphatic rings. The molecule has 2 aromatic rings. The number of amides is 1. The van der Waals surface area contributed by atoms with Crippen LogP contribution in [0.25, 0.3) is 0 Å². The number of carbonyl (C=O) groups is 1. The molecule has 1 amide bonds. The quantitative estimate of drug-likeness (QED) is 0.758. The first-order valence-corrected chi connectivity index (χ1v) is 10.0. The molecule has 0 N–H and O–H groups in total. The molecular weight excluding hydrogens is 401 g/mol. The lowest BCUT2D eigenvalue weighted by Crippen LogP contribution is -2.49. The molecule has 0 bridgehead atoms. The number of hydrogen-bond donors (Lipinski definition) is 0. The number of benzene rings is 1. The van der Waals surface area contributed by atoms with Crippen molar-refractivity contribution in [3.63, 3.8) is 0 Å². The van der Waals surface area contributed by atoms with Crippen molar-refractivity contribution < 1.29 is 9.53 Å². The molecule has 1 aromatic carbocycles. The lowest BCUT2D eigenvalue weighted by Gasteiger charge is -2.36. The predicted octanol–water partition coefficient (Wildman–Crippen LogP) is 2.58. The first-order chi connectivity index (χ1) is 13.6. The van der Waals surface area contributed by atoms with Gasteiger partial charge in [-0.2, -0.15) is 5.10 Å². The van der Waals surface area contributed by atoms with Crippen molar-refractivity contribution in [2.45, 2.75) is 0 Å². The van der Waals surface area contributed by atoms with E-state index in [1.54, 1.807) is 24.4 Å². The number of hydrogen-bond acceptors (Lipinski definition) is 6. The summed E-state index contributed by atoms with van der Waals surface area (Å²) in [5.74, 6) is 0.759. The molecule has 1 aromatic heterocycles. The third-order valence-corrected chi connectivity index (χ3v) is 5.60. The van der Waals surface area contributed by atoms with Gasteiger partial charge in [0, 0.05) is 50.4 Å². The summed E-state index contributed by atoms with van der Waals surface area (Å²) >= 11 is 12.1. The van der Waals surface area contributed by atoms with Crippen molar-refractivity contribution in [3.8, 4) is 0 Å². The highest BCUT2D eigenvalue weighted by Gasteiger charge is 2.25. The number of anilines is 2. The summed E-state index contributed by atoms with van der Waals surface area (Å²) in [6.45, 7) is 5.75. The molecule has 0 unspecified atom stereocenters. The molecule has 3 heterocycles. The highest BCUT2D eigenvalue weighted by Crippen LogP contribution is 2.24. The summed E-state index contributed by atoms with van der Waals surface area (Å²) in [5, 5.41) is 9.36. The highest BCUT2D eigenvalue weighted by molar-refractivity contribution is 6.36. The Kier molecular flexibility index (Phi) is 5.85. The Balaban J connectivity index is 1.40. The van der Waals surface area contributed by atoms with Crippen molar-refractivity contribution in [1.29, 1.82) is 0 Å². The monoisotopic (exact) mass is 421 g/mol. The lowest BCUT2D eigenvalue weighted by molar-refractivity contribution is 0.0746. The fourth-order valence-electron chi connectivity index (χ4n) is 3.47. The molecule has 7 nitrogen and oxygen atoms in total. The van der Waals surface area contributed by atoms with E-state index in [9.17, 15) is 4.79 Å². The summed E-state index contributed by atoms with van der Waals surface area (Å²) in [7, 11) is 0. The van der Waals surface area contributed by atoms with Crippen LogP contribution in [-0.4, -0.2) is 73.5 Å². The number of halogens is 2. The fraction of sp³-hybridized carbons (Fsp3) is 0.421. The van der Waals surface area contributed by atoms with Crippen molar-refractivity contribution in [1.82, 2.24) is 15.1 Å². The number of piperazine rings is 1. The minimum absolute atomic E-state index is 0.0746. The Labute approximate surface area is 173 Å². The average Bonchev–Trinajstić information content (AvgIpc) is 2.74. The van der Waals surface area contributed by atoms with Crippen LogP contribution in [0.1, 0.15) is 10.4 Å². The van der Waals surface area contributed by atoms with E-state index in [2.05, 4.69) is 26.1 Å². The summed E-state index contributed by atoms with van der Waals surface area (Å²) < 4.78 is 5.41. The van der Waals surface area contributed by atoms with Gasteiger partial charge in [0.2, 0.25) is 0 Å². The van der Waals surface area contributed by atoms with Gasteiger partial charge < -0.3 is 19.4 Å². The largest absolute Gasteiger partial charge is 0.378 e. The van der Waals surface area contributed by atoms with Crippen LogP contribution in [0.3, 0.4) is 0 Å². The minimum Gasteiger partial charge on any atom is -0.378 e. The van der Waals surface area contributed by atoms with Gasteiger partial charge in [0.1, 0.15) is 0 Å². The molecule has 4 rings (SSSR count). The van der Waals surface area contributed by atoms with Crippen LogP contribution in [0, 0.1) is 0 Å². The van der Waals surface area contributed by atoms with Gasteiger partial charge in [-0.1, -0.05) is 23.2 Å². The number of aromatic nitrogens is 2. The number of carbonyl (C=O) groups excluding carboxylic acids is 1. The molecule has 28 heavy (non-hydrogen) atoms. The van der Waals surface area contributed by atoms with Gasteiger partial charge >= 0.3 is 0 Å². The van der Waals surface area contributed by atoms with E-state index in [4.69, 9.17) is 27.9 Å². The molecule has 0 saturated carbocycles. The van der Waals surface area contributed by atoms with Crippen LogP contribution in [-0.2, 0) is 4.74 Å². The van der Waals surface area contributed by atoms with Crippen LogP contribution < -0.4 is 9.80 Å². The Hall–Kier alpha value is -2.09. The first-order valence-electron chi connectivity index (χ1n) is 9.26. The second-order valence-corrected chi connectivity index (χ2v) is 7.62. The molecular formula is C19H21Cl2N5O2. The van der Waals surface area contributed by atoms with Crippen LogP contribution in [0.15, 0.2) is 30.5 Å². The first kappa shape index (κ1) is 19.2. The van der Waals surface area contributed by atoms with Crippen molar-refractivity contribution in [2.75, 3.05) is 62.3 Å². The van der Waals surface area contributed by atoms with Crippen LogP contribution in [0.2, 0.25) is 10.0 Å². The summed E-state index contributed by atoms with van der Waals surface area (Å²) in [4.78, 5) is 19.0. The van der Waals surface area contributed by atoms with E-state index < -0.39 is 0 Å². The summed E-state index contributed by atoms with van der Waals surface area (Å²) in [6.07, 6.45) is 1.79. The van der Waals surface area contributed by atoms with Crippen molar-refractivity contribution >= 4 is 40.6 Å². The van der Waals surface area contributed by atoms with Crippen LogP contribution >= 0.6 is 23.2 Å². The van der Waals surface area contributed by atoms with Crippen molar-refractivity contribution in [2.24, 2.45) is 0 Å². The zero-order chi connectivity index (χ0) is 19.5. The number of ether oxygens (including phenoxy) is 1. The van der Waals surface area contributed by atoms with Gasteiger partial charge in [0.05, 0.1) is 35.7 Å². The number of nitrogens with zero attached hydrogens (tertiary/aromatic N) is 5. The zero-order valence-corrected chi connectivity index (χ0v) is 16.9. The maximum Gasteiger partial charge on any atom is 0.255 e. The molecule has 0 radical (unpaired) electrons. The SMILES string of the molecule is O=C(c1ccc(Cl)cc1Cl)N1CCN(c2cc(N3CCOCC3)cnn2)CC1. The molecule has 2 fully saturated rings. The van der Waals surface area contributed by atoms with Gasteiger partial charge in [0.15, 0.2) is 5.82 Å². The molecule has 0 aliphatic carbocycles. The second kappa shape index (κ2) is 8.51. The van der Waals surface area contributed by atoms with Gasteiger partial charge in [-0.3, -0.25) is 4.79 Å². The minimum atomic E-state index is -0.0746. The summed E-state index contributed by atoms with van der Waals surface area (Å²) in [6, 6.07) is 7.02. The van der Waals surface area contributed by atoms with E-state index in [0.717, 1.165) is 37.8 Å². The zero-order valence-electron chi connectivity index (χ0n) is 15.4. The standard InChI is InChI=1S/C19H21Cl2N5O2/c20-14-1-2-16(17(21)11-14)19(27)26-5-3-25(4-6-26)18-12-15(13-22-23-18)24-7-9-28-10-8-24/h1-2,11-13H,3-10H2. The maximum atomic E-state index is 12.8. The lowest BCUT2D eigenvalue weighted by atomic mass is 10.1. The molecule has 9 heteroatoms. The Morgan fingerprint density at radius 3 is 2.43 bits per heavy atom. The van der Waals surface area contributed by atoms with Gasteiger partial charge in [-0.25, -0.2) is 0 Å². The normalized spacial score (nSPS) is 17.7.